The smallest absolute Gasteiger partial charge is 0.0522 e. The third-order valence-electron chi connectivity index (χ3n) is 2.03. The summed E-state index contributed by atoms with van der Waals surface area (Å²) in [5, 5.41) is 7.60. The molecule has 1 heterocycles. The van der Waals surface area contributed by atoms with Crippen LogP contribution in [0, 0.1) is 0 Å². The minimum Gasteiger partial charge on any atom is -0.316 e. The molecule has 1 aromatic rings. The highest BCUT2D eigenvalue weighted by Crippen LogP contribution is 1.97. The van der Waals surface area contributed by atoms with E-state index >= 15 is 0 Å². The summed E-state index contributed by atoms with van der Waals surface area (Å²) in [5.41, 5.74) is 1.32. The van der Waals surface area contributed by atoms with Crippen molar-refractivity contribution in [2.75, 3.05) is 13.1 Å². The van der Waals surface area contributed by atoms with Gasteiger partial charge in [-0.1, -0.05) is 6.92 Å². The monoisotopic (exact) mass is 181 g/mol. The van der Waals surface area contributed by atoms with Crippen LogP contribution in [0.5, 0.6) is 0 Å². The molecule has 0 aromatic carbocycles. The number of nitrogens with zero attached hydrogens (tertiary/aromatic N) is 2. The lowest BCUT2D eigenvalue weighted by molar-refractivity contribution is 0.655. The summed E-state index contributed by atoms with van der Waals surface area (Å²) in [6.45, 7) is 7.42. The lowest BCUT2D eigenvalue weighted by Gasteiger charge is -1.99. The number of aromatic nitrogens is 2. The van der Waals surface area contributed by atoms with Crippen LogP contribution in [0.3, 0.4) is 0 Å². The summed E-state index contributed by atoms with van der Waals surface area (Å²) >= 11 is 0. The Kier molecular flexibility index (Phi) is 4.54. The maximum absolute atomic E-state index is 4.22. The molecule has 3 nitrogen and oxygen atoms in total. The van der Waals surface area contributed by atoms with Crippen LogP contribution in [-0.4, -0.2) is 22.9 Å². The van der Waals surface area contributed by atoms with E-state index in [0.29, 0.717) is 0 Å². The van der Waals surface area contributed by atoms with E-state index in [9.17, 15) is 0 Å². The number of aryl methyl sites for hydroxylation is 1. The van der Waals surface area contributed by atoms with Gasteiger partial charge in [-0.3, -0.25) is 4.68 Å². The van der Waals surface area contributed by atoms with Crippen molar-refractivity contribution in [3.63, 3.8) is 0 Å². The maximum atomic E-state index is 4.22. The standard InChI is InChI=1S/C10H19N3/c1-3-6-11-7-5-10-8-12-13(4-2)9-10/h8-9,11H,3-7H2,1-2H3. The van der Waals surface area contributed by atoms with Gasteiger partial charge in [-0.05, 0) is 38.4 Å². The van der Waals surface area contributed by atoms with Crippen LogP contribution in [0.15, 0.2) is 12.4 Å². The van der Waals surface area contributed by atoms with Gasteiger partial charge in [0.25, 0.3) is 0 Å². The van der Waals surface area contributed by atoms with Gasteiger partial charge in [-0.15, -0.1) is 0 Å². The summed E-state index contributed by atoms with van der Waals surface area (Å²) in [4.78, 5) is 0. The molecule has 0 aliphatic carbocycles. The zero-order valence-electron chi connectivity index (χ0n) is 8.58. The lowest BCUT2D eigenvalue weighted by Crippen LogP contribution is -2.17. The van der Waals surface area contributed by atoms with Gasteiger partial charge < -0.3 is 5.32 Å². The van der Waals surface area contributed by atoms with Gasteiger partial charge in [0.15, 0.2) is 0 Å². The van der Waals surface area contributed by atoms with Crippen molar-refractivity contribution in [2.24, 2.45) is 0 Å². The van der Waals surface area contributed by atoms with Crippen molar-refractivity contribution >= 4 is 0 Å². The van der Waals surface area contributed by atoms with E-state index in [4.69, 9.17) is 0 Å². The molecular weight excluding hydrogens is 162 g/mol. The topological polar surface area (TPSA) is 29.9 Å². The van der Waals surface area contributed by atoms with E-state index in [1.807, 2.05) is 10.9 Å². The molecule has 3 heteroatoms. The second-order valence-electron chi connectivity index (χ2n) is 3.20. The van der Waals surface area contributed by atoms with Crippen molar-refractivity contribution < 1.29 is 0 Å². The Balaban J connectivity index is 2.20. The first-order valence-corrected chi connectivity index (χ1v) is 5.08. The molecule has 0 atom stereocenters. The van der Waals surface area contributed by atoms with Crippen LogP contribution < -0.4 is 5.32 Å². The second-order valence-corrected chi connectivity index (χ2v) is 3.20. The summed E-state index contributed by atoms with van der Waals surface area (Å²) < 4.78 is 1.97. The fourth-order valence-electron chi connectivity index (χ4n) is 1.24. The molecule has 13 heavy (non-hydrogen) atoms. The molecular formula is C10H19N3. The Morgan fingerprint density at radius 3 is 2.85 bits per heavy atom. The Morgan fingerprint density at radius 1 is 1.38 bits per heavy atom. The van der Waals surface area contributed by atoms with Crippen LogP contribution in [-0.2, 0) is 13.0 Å². The van der Waals surface area contributed by atoms with Crippen molar-refractivity contribution in [2.45, 2.75) is 33.2 Å². The molecule has 0 spiro atoms. The highest BCUT2D eigenvalue weighted by Gasteiger charge is 1.95. The molecule has 0 aliphatic heterocycles. The Bertz CT molecular complexity index is 230. The fraction of sp³-hybridized carbons (Fsp3) is 0.700. The third-order valence-corrected chi connectivity index (χ3v) is 2.03. The predicted octanol–water partition coefficient (Wildman–Crippen LogP) is 1.45. The molecule has 0 bridgehead atoms. The molecule has 0 radical (unpaired) electrons. The molecule has 0 aliphatic rings. The van der Waals surface area contributed by atoms with E-state index in [1.54, 1.807) is 0 Å². The van der Waals surface area contributed by atoms with Crippen molar-refractivity contribution in [1.82, 2.24) is 15.1 Å². The quantitative estimate of drug-likeness (QED) is 0.673. The van der Waals surface area contributed by atoms with Crippen LogP contribution in [0.2, 0.25) is 0 Å². The van der Waals surface area contributed by atoms with Gasteiger partial charge in [-0.25, -0.2) is 0 Å². The van der Waals surface area contributed by atoms with Crippen molar-refractivity contribution in [1.29, 1.82) is 0 Å². The van der Waals surface area contributed by atoms with Gasteiger partial charge >= 0.3 is 0 Å². The first-order chi connectivity index (χ1) is 6.36. The average Bonchev–Trinajstić information content (AvgIpc) is 2.60. The Labute approximate surface area is 80.1 Å². The highest BCUT2D eigenvalue weighted by atomic mass is 15.3. The lowest BCUT2D eigenvalue weighted by atomic mass is 10.2. The minimum atomic E-state index is 0.961. The number of rotatable bonds is 6. The van der Waals surface area contributed by atoms with Gasteiger partial charge in [0.2, 0.25) is 0 Å². The minimum absolute atomic E-state index is 0.961. The molecule has 0 unspecified atom stereocenters. The summed E-state index contributed by atoms with van der Waals surface area (Å²) in [7, 11) is 0. The highest BCUT2D eigenvalue weighted by molar-refractivity contribution is 5.04. The fourth-order valence-corrected chi connectivity index (χ4v) is 1.24. The van der Waals surface area contributed by atoms with E-state index < -0.39 is 0 Å². The number of nitrogens with one attached hydrogen (secondary N) is 1. The molecule has 0 saturated heterocycles. The van der Waals surface area contributed by atoms with Gasteiger partial charge in [-0.2, -0.15) is 5.10 Å². The van der Waals surface area contributed by atoms with E-state index in [2.05, 4.69) is 30.5 Å². The Hall–Kier alpha value is -0.830. The van der Waals surface area contributed by atoms with Crippen LogP contribution in [0.25, 0.3) is 0 Å². The largest absolute Gasteiger partial charge is 0.316 e. The molecule has 0 saturated carbocycles. The molecule has 1 aromatic heterocycles. The zero-order chi connectivity index (χ0) is 9.52. The molecule has 0 fully saturated rings. The van der Waals surface area contributed by atoms with Crippen LogP contribution in [0.4, 0.5) is 0 Å². The van der Waals surface area contributed by atoms with E-state index in [1.165, 1.54) is 12.0 Å². The molecule has 1 N–H and O–H groups in total. The average molecular weight is 181 g/mol. The molecule has 0 amide bonds. The van der Waals surface area contributed by atoms with Gasteiger partial charge in [0, 0.05) is 12.7 Å². The van der Waals surface area contributed by atoms with Crippen LogP contribution >= 0.6 is 0 Å². The first-order valence-electron chi connectivity index (χ1n) is 5.08. The second kappa shape index (κ2) is 5.75. The first kappa shape index (κ1) is 10.3. The normalized spacial score (nSPS) is 10.6. The number of hydrogen-bond donors (Lipinski definition) is 1. The van der Waals surface area contributed by atoms with E-state index in [-0.39, 0.29) is 0 Å². The van der Waals surface area contributed by atoms with E-state index in [0.717, 1.165) is 26.1 Å². The van der Waals surface area contributed by atoms with Crippen molar-refractivity contribution in [3.05, 3.63) is 18.0 Å². The molecule has 74 valence electrons. The SMILES string of the molecule is CCCNCCc1cnn(CC)c1. The van der Waals surface area contributed by atoms with Gasteiger partial charge in [0.05, 0.1) is 6.20 Å². The zero-order valence-corrected chi connectivity index (χ0v) is 8.58. The third kappa shape index (κ3) is 3.59. The predicted molar refractivity (Wildman–Crippen MR) is 54.8 cm³/mol. The van der Waals surface area contributed by atoms with Gasteiger partial charge in [0.1, 0.15) is 0 Å². The Morgan fingerprint density at radius 2 is 2.23 bits per heavy atom. The van der Waals surface area contributed by atoms with Crippen molar-refractivity contribution in [3.8, 4) is 0 Å². The maximum Gasteiger partial charge on any atom is 0.0522 e. The molecule has 1 rings (SSSR count). The summed E-state index contributed by atoms with van der Waals surface area (Å²) in [6, 6.07) is 0. The number of hydrogen-bond acceptors (Lipinski definition) is 2. The summed E-state index contributed by atoms with van der Waals surface area (Å²) in [6.07, 6.45) is 6.36. The summed E-state index contributed by atoms with van der Waals surface area (Å²) in [5.74, 6) is 0. The van der Waals surface area contributed by atoms with Crippen LogP contribution in [0.1, 0.15) is 25.8 Å².